The summed E-state index contributed by atoms with van der Waals surface area (Å²) in [5.41, 5.74) is 2.43. The summed E-state index contributed by atoms with van der Waals surface area (Å²) in [6, 6.07) is 14.6. The van der Waals surface area contributed by atoms with E-state index in [4.69, 9.17) is 9.57 Å². The molecule has 5 heteroatoms. The first-order valence-corrected chi connectivity index (χ1v) is 6.11. The minimum Gasteiger partial charge on any atom is -0.491 e. The maximum atomic E-state index is 12.9. The normalized spacial score (nSPS) is 10.1. The Morgan fingerprint density at radius 2 is 1.85 bits per heavy atom. The molecule has 0 fully saturated rings. The van der Waals surface area contributed by atoms with Gasteiger partial charge in [-0.3, -0.25) is 9.63 Å². The van der Waals surface area contributed by atoms with Gasteiger partial charge in [0.15, 0.2) is 0 Å². The van der Waals surface area contributed by atoms with E-state index < -0.39 is 11.7 Å². The summed E-state index contributed by atoms with van der Waals surface area (Å²) in [6.45, 7) is 0.489. The highest BCUT2D eigenvalue weighted by Crippen LogP contribution is 2.07. The second kappa shape index (κ2) is 7.25. The topological polar surface area (TPSA) is 47.6 Å². The van der Waals surface area contributed by atoms with Gasteiger partial charge in [-0.2, -0.15) is 0 Å². The van der Waals surface area contributed by atoms with E-state index in [9.17, 15) is 9.18 Å². The Kier molecular flexibility index (Phi) is 5.08. The van der Waals surface area contributed by atoms with Gasteiger partial charge in [-0.15, -0.1) is 0 Å². The van der Waals surface area contributed by atoms with Crippen LogP contribution in [-0.4, -0.2) is 19.1 Å². The summed E-state index contributed by atoms with van der Waals surface area (Å²) in [5.74, 6) is -0.234. The molecular weight excluding hydrogens is 261 g/mol. The number of nitrogens with one attached hydrogen (secondary N) is 1. The van der Waals surface area contributed by atoms with E-state index in [0.717, 1.165) is 11.8 Å². The molecule has 0 spiro atoms. The Bertz CT molecular complexity index is 560. The van der Waals surface area contributed by atoms with Crippen molar-refractivity contribution < 1.29 is 18.8 Å². The highest BCUT2D eigenvalue weighted by Gasteiger charge is 2.05. The van der Waals surface area contributed by atoms with Crippen molar-refractivity contribution in [1.82, 2.24) is 5.48 Å². The van der Waals surface area contributed by atoms with Crippen molar-refractivity contribution in [3.05, 3.63) is 66.0 Å². The van der Waals surface area contributed by atoms with Gasteiger partial charge in [0.2, 0.25) is 0 Å². The summed E-state index contributed by atoms with van der Waals surface area (Å²) in [5, 5.41) is 0. The molecule has 0 aliphatic carbocycles. The van der Waals surface area contributed by atoms with E-state index in [1.54, 1.807) is 0 Å². The smallest absolute Gasteiger partial charge is 0.274 e. The molecule has 0 aliphatic rings. The van der Waals surface area contributed by atoms with Crippen molar-refractivity contribution in [2.24, 2.45) is 0 Å². The summed E-state index contributed by atoms with van der Waals surface area (Å²) < 4.78 is 18.3. The molecule has 0 saturated carbocycles. The molecule has 104 valence electrons. The molecule has 0 radical (unpaired) electrons. The minimum absolute atomic E-state index is 0.190. The number of carbonyl (C=O) groups excluding carboxylic acids is 1. The van der Waals surface area contributed by atoms with Crippen LogP contribution in [0.25, 0.3) is 0 Å². The van der Waals surface area contributed by atoms with Gasteiger partial charge in [-0.05, 0) is 30.3 Å². The van der Waals surface area contributed by atoms with Crippen molar-refractivity contribution in [2.45, 2.75) is 0 Å². The molecule has 0 aliphatic heterocycles. The summed E-state index contributed by atoms with van der Waals surface area (Å²) in [6.07, 6.45) is 0. The van der Waals surface area contributed by atoms with Crippen LogP contribution in [-0.2, 0) is 4.84 Å². The van der Waals surface area contributed by atoms with Crippen LogP contribution in [0.4, 0.5) is 4.39 Å². The lowest BCUT2D eigenvalue weighted by molar-refractivity contribution is 0.0200. The molecule has 0 heterocycles. The van der Waals surface area contributed by atoms with E-state index in [0.29, 0.717) is 6.61 Å². The number of ether oxygens (including phenoxy) is 1. The van der Waals surface area contributed by atoms with E-state index in [1.807, 2.05) is 30.3 Å². The molecule has 2 rings (SSSR count). The molecule has 2 aromatic carbocycles. The Morgan fingerprint density at radius 3 is 2.60 bits per heavy atom. The van der Waals surface area contributed by atoms with Crippen LogP contribution < -0.4 is 10.2 Å². The van der Waals surface area contributed by atoms with E-state index in [2.05, 4.69) is 5.48 Å². The molecular formula is C15H14FNO3. The number of benzene rings is 2. The van der Waals surface area contributed by atoms with Gasteiger partial charge in [0.25, 0.3) is 5.91 Å². The lowest BCUT2D eigenvalue weighted by Crippen LogP contribution is -2.26. The SMILES string of the molecule is O=C(NOCCOc1ccccc1)c1cccc(F)c1. The minimum atomic E-state index is -0.496. The fourth-order valence-electron chi connectivity index (χ4n) is 1.52. The van der Waals surface area contributed by atoms with Crippen molar-refractivity contribution in [1.29, 1.82) is 0 Å². The molecule has 0 atom stereocenters. The molecule has 1 N–H and O–H groups in total. The number of para-hydroxylation sites is 1. The van der Waals surface area contributed by atoms with Crippen molar-refractivity contribution in [3.8, 4) is 5.75 Å². The second-order valence-corrected chi connectivity index (χ2v) is 3.95. The Balaban J connectivity index is 1.67. The predicted octanol–water partition coefficient (Wildman–Crippen LogP) is 2.57. The zero-order valence-corrected chi connectivity index (χ0v) is 10.7. The maximum absolute atomic E-state index is 12.9. The highest BCUT2D eigenvalue weighted by atomic mass is 19.1. The van der Waals surface area contributed by atoms with E-state index in [-0.39, 0.29) is 12.2 Å². The van der Waals surface area contributed by atoms with E-state index in [1.165, 1.54) is 18.2 Å². The van der Waals surface area contributed by atoms with Gasteiger partial charge < -0.3 is 4.74 Å². The summed E-state index contributed by atoms with van der Waals surface area (Å²) in [4.78, 5) is 16.6. The van der Waals surface area contributed by atoms with Gasteiger partial charge in [-0.1, -0.05) is 24.3 Å². The third kappa shape index (κ3) is 4.37. The number of rotatable bonds is 6. The van der Waals surface area contributed by atoms with Crippen molar-refractivity contribution in [3.63, 3.8) is 0 Å². The van der Waals surface area contributed by atoms with Crippen LogP contribution in [0.5, 0.6) is 5.75 Å². The number of carbonyl (C=O) groups is 1. The quantitative estimate of drug-likeness (QED) is 0.651. The lowest BCUT2D eigenvalue weighted by Gasteiger charge is -2.07. The fraction of sp³-hybridized carbons (Fsp3) is 0.133. The van der Waals surface area contributed by atoms with Crippen LogP contribution in [0.15, 0.2) is 54.6 Å². The average Bonchev–Trinajstić information content (AvgIpc) is 2.48. The Morgan fingerprint density at radius 1 is 1.05 bits per heavy atom. The van der Waals surface area contributed by atoms with Crippen LogP contribution in [0, 0.1) is 5.82 Å². The average molecular weight is 275 g/mol. The monoisotopic (exact) mass is 275 g/mol. The van der Waals surface area contributed by atoms with Crippen LogP contribution in [0.2, 0.25) is 0 Å². The third-order valence-corrected chi connectivity index (χ3v) is 2.45. The van der Waals surface area contributed by atoms with Crippen LogP contribution in [0.3, 0.4) is 0 Å². The molecule has 20 heavy (non-hydrogen) atoms. The number of hydrogen-bond acceptors (Lipinski definition) is 3. The molecule has 0 bridgehead atoms. The van der Waals surface area contributed by atoms with E-state index >= 15 is 0 Å². The van der Waals surface area contributed by atoms with Crippen LogP contribution >= 0.6 is 0 Å². The zero-order valence-electron chi connectivity index (χ0n) is 10.7. The molecule has 0 aromatic heterocycles. The second-order valence-electron chi connectivity index (χ2n) is 3.95. The van der Waals surface area contributed by atoms with Gasteiger partial charge in [0.1, 0.15) is 24.8 Å². The molecule has 1 amide bonds. The first-order valence-electron chi connectivity index (χ1n) is 6.11. The van der Waals surface area contributed by atoms with Crippen molar-refractivity contribution in [2.75, 3.05) is 13.2 Å². The van der Waals surface area contributed by atoms with Gasteiger partial charge in [0, 0.05) is 5.56 Å². The number of amides is 1. The number of halogens is 1. The number of hydroxylamine groups is 1. The van der Waals surface area contributed by atoms with Gasteiger partial charge in [-0.25, -0.2) is 9.87 Å². The number of hydrogen-bond donors (Lipinski definition) is 1. The summed E-state index contributed by atoms with van der Waals surface area (Å²) >= 11 is 0. The van der Waals surface area contributed by atoms with Crippen molar-refractivity contribution >= 4 is 5.91 Å². The van der Waals surface area contributed by atoms with Gasteiger partial charge >= 0.3 is 0 Å². The molecule has 2 aromatic rings. The largest absolute Gasteiger partial charge is 0.491 e. The highest BCUT2D eigenvalue weighted by molar-refractivity contribution is 5.93. The zero-order chi connectivity index (χ0) is 14.2. The predicted molar refractivity (Wildman–Crippen MR) is 71.8 cm³/mol. The Labute approximate surface area is 116 Å². The lowest BCUT2D eigenvalue weighted by atomic mass is 10.2. The Hall–Kier alpha value is -2.40. The summed E-state index contributed by atoms with van der Waals surface area (Å²) in [7, 11) is 0. The first-order chi connectivity index (χ1) is 9.75. The van der Waals surface area contributed by atoms with Gasteiger partial charge in [0.05, 0.1) is 0 Å². The first kappa shape index (κ1) is 14.0. The molecule has 0 unspecified atom stereocenters. The third-order valence-electron chi connectivity index (χ3n) is 2.45. The fourth-order valence-corrected chi connectivity index (χ4v) is 1.52. The molecule has 0 saturated heterocycles. The van der Waals surface area contributed by atoms with Crippen LogP contribution in [0.1, 0.15) is 10.4 Å². The maximum Gasteiger partial charge on any atom is 0.274 e. The standard InChI is InChI=1S/C15H14FNO3/c16-13-6-4-5-12(11-13)15(18)17-20-10-9-19-14-7-2-1-3-8-14/h1-8,11H,9-10H2,(H,17,18). The molecule has 4 nitrogen and oxygen atoms in total.